The van der Waals surface area contributed by atoms with Gasteiger partial charge in [-0.3, -0.25) is 4.79 Å². The smallest absolute Gasteiger partial charge is 0.227 e. The molecule has 0 bridgehead atoms. The van der Waals surface area contributed by atoms with Crippen LogP contribution in [0.5, 0.6) is 11.6 Å². The van der Waals surface area contributed by atoms with Gasteiger partial charge in [0.05, 0.1) is 23.5 Å². The van der Waals surface area contributed by atoms with Crippen LogP contribution in [0.4, 0.5) is 4.39 Å². The Kier molecular flexibility index (Phi) is 6.66. The molecular weight excluding hydrogens is 429 g/mol. The van der Waals surface area contributed by atoms with Crippen LogP contribution in [0, 0.1) is 17.7 Å². The molecule has 0 unspecified atom stereocenters. The molecule has 5 nitrogen and oxygen atoms in total. The highest BCUT2D eigenvalue weighted by molar-refractivity contribution is 5.79. The summed E-state index contributed by atoms with van der Waals surface area (Å²) in [6.45, 7) is 3.35. The van der Waals surface area contributed by atoms with Gasteiger partial charge in [-0.25, -0.2) is 9.07 Å². The van der Waals surface area contributed by atoms with Crippen LogP contribution in [0.3, 0.4) is 0 Å². The number of hydrogen-bond acceptors (Lipinski definition) is 3. The van der Waals surface area contributed by atoms with Gasteiger partial charge >= 0.3 is 0 Å². The molecule has 1 aromatic heterocycles. The van der Waals surface area contributed by atoms with E-state index in [-0.39, 0.29) is 17.6 Å². The number of para-hydroxylation sites is 1. The van der Waals surface area contributed by atoms with Crippen molar-refractivity contribution in [3.05, 3.63) is 71.7 Å². The monoisotopic (exact) mass is 461 g/mol. The summed E-state index contributed by atoms with van der Waals surface area (Å²) in [6.07, 6.45) is 7.35. The molecule has 178 valence electrons. The van der Waals surface area contributed by atoms with E-state index in [1.807, 2.05) is 30.3 Å². The van der Waals surface area contributed by atoms with E-state index in [9.17, 15) is 9.18 Å². The average molecular weight is 462 g/mol. The summed E-state index contributed by atoms with van der Waals surface area (Å²) in [4.78, 5) is 15.6. The van der Waals surface area contributed by atoms with Crippen molar-refractivity contribution in [1.82, 2.24) is 14.7 Å². The molecule has 3 aromatic rings. The second-order valence-corrected chi connectivity index (χ2v) is 9.53. The van der Waals surface area contributed by atoms with Crippen LogP contribution in [0.25, 0.3) is 5.69 Å². The number of ether oxygens (including phenoxy) is 1. The molecule has 5 rings (SSSR count). The molecule has 1 amide bonds. The topological polar surface area (TPSA) is 47.4 Å². The third kappa shape index (κ3) is 5.01. The molecule has 0 radical (unpaired) electrons. The first-order valence-electron chi connectivity index (χ1n) is 12.5. The second-order valence-electron chi connectivity index (χ2n) is 9.53. The molecule has 0 aliphatic heterocycles. The molecule has 0 atom stereocenters. The minimum absolute atomic E-state index is 0.134. The van der Waals surface area contributed by atoms with Gasteiger partial charge in [-0.1, -0.05) is 38.0 Å². The zero-order valence-corrected chi connectivity index (χ0v) is 19.8. The molecule has 2 aromatic carbocycles. The number of rotatable bonds is 9. The minimum atomic E-state index is -0.296. The molecule has 0 spiro atoms. The van der Waals surface area contributed by atoms with Gasteiger partial charge in [0.2, 0.25) is 11.8 Å². The lowest BCUT2D eigenvalue weighted by Crippen LogP contribution is -2.36. The minimum Gasteiger partial charge on any atom is -0.439 e. The van der Waals surface area contributed by atoms with Crippen molar-refractivity contribution in [2.45, 2.75) is 58.4 Å². The number of benzene rings is 2. The fourth-order valence-electron chi connectivity index (χ4n) is 4.85. The second kappa shape index (κ2) is 10.00. The Hall–Kier alpha value is -3.15. The molecule has 0 saturated heterocycles. The summed E-state index contributed by atoms with van der Waals surface area (Å²) in [6, 6.07) is 15.9. The van der Waals surface area contributed by atoms with Crippen LogP contribution < -0.4 is 4.74 Å². The zero-order valence-electron chi connectivity index (χ0n) is 19.8. The number of hydrogen-bond donors (Lipinski definition) is 0. The maximum absolute atomic E-state index is 13.6. The van der Waals surface area contributed by atoms with Gasteiger partial charge in [0.1, 0.15) is 11.6 Å². The van der Waals surface area contributed by atoms with Crippen LogP contribution in [-0.4, -0.2) is 27.1 Å². The Bertz CT molecular complexity index is 1120. The van der Waals surface area contributed by atoms with Crippen LogP contribution in [-0.2, 0) is 17.8 Å². The summed E-state index contributed by atoms with van der Waals surface area (Å²) in [7, 11) is 0. The Morgan fingerprint density at radius 1 is 1.06 bits per heavy atom. The van der Waals surface area contributed by atoms with E-state index in [1.54, 1.807) is 16.8 Å². The van der Waals surface area contributed by atoms with E-state index in [0.29, 0.717) is 30.5 Å². The molecule has 2 saturated carbocycles. The fraction of sp³-hybridized carbons (Fsp3) is 0.429. The van der Waals surface area contributed by atoms with Crippen molar-refractivity contribution in [3.8, 4) is 17.3 Å². The molecule has 6 heteroatoms. The third-order valence-electron chi connectivity index (χ3n) is 6.92. The summed E-state index contributed by atoms with van der Waals surface area (Å²) in [5.41, 5.74) is 2.56. The van der Waals surface area contributed by atoms with Gasteiger partial charge in [-0.2, -0.15) is 5.10 Å². The van der Waals surface area contributed by atoms with Crippen LogP contribution in [0.2, 0.25) is 0 Å². The lowest BCUT2D eigenvalue weighted by atomic mass is 10.1. The maximum atomic E-state index is 13.6. The van der Waals surface area contributed by atoms with Crippen molar-refractivity contribution in [2.24, 2.45) is 11.8 Å². The molecule has 1 heterocycles. The van der Waals surface area contributed by atoms with Crippen molar-refractivity contribution in [3.63, 3.8) is 0 Å². The van der Waals surface area contributed by atoms with Gasteiger partial charge in [-0.05, 0) is 74.4 Å². The first-order chi connectivity index (χ1) is 16.6. The molecule has 2 aliphatic rings. The number of carbonyl (C=O) groups excluding carboxylic acids is 1. The van der Waals surface area contributed by atoms with Crippen molar-refractivity contribution < 1.29 is 13.9 Å². The van der Waals surface area contributed by atoms with Gasteiger partial charge < -0.3 is 9.64 Å². The molecule has 2 fully saturated rings. The van der Waals surface area contributed by atoms with Crippen molar-refractivity contribution in [1.29, 1.82) is 0 Å². The fourth-order valence-corrected chi connectivity index (χ4v) is 4.85. The van der Waals surface area contributed by atoms with E-state index in [2.05, 4.69) is 11.8 Å². The number of carbonyl (C=O) groups is 1. The van der Waals surface area contributed by atoms with Crippen molar-refractivity contribution >= 4 is 5.91 Å². The van der Waals surface area contributed by atoms with Gasteiger partial charge in [0.15, 0.2) is 0 Å². The summed E-state index contributed by atoms with van der Waals surface area (Å²) in [5.74, 6) is 2.00. The van der Waals surface area contributed by atoms with Crippen LogP contribution in [0.15, 0.2) is 54.6 Å². The highest BCUT2D eigenvalue weighted by Crippen LogP contribution is 2.36. The van der Waals surface area contributed by atoms with E-state index in [4.69, 9.17) is 9.84 Å². The number of aryl methyl sites for hydroxylation is 1. The normalized spacial score (nSPS) is 16.1. The summed E-state index contributed by atoms with van der Waals surface area (Å²) >= 11 is 0. The Morgan fingerprint density at radius 3 is 2.41 bits per heavy atom. The number of halogens is 1. The van der Waals surface area contributed by atoms with Crippen molar-refractivity contribution in [2.75, 3.05) is 6.54 Å². The standard InChI is InChI=1S/C28H32FN3O2/c1-2-26-25(19-31(18-20-12-13-20)27(33)21-8-6-7-9-21)28(34-24-10-4-3-5-11-24)32(30-26)23-16-14-22(29)15-17-23/h3-5,10-11,14-17,20-21H,2,6-9,12-13,18-19H2,1H3. The number of aromatic nitrogens is 2. The van der Waals surface area contributed by atoms with E-state index >= 15 is 0 Å². The largest absolute Gasteiger partial charge is 0.439 e. The van der Waals surface area contributed by atoms with E-state index < -0.39 is 0 Å². The number of nitrogens with zero attached hydrogens (tertiary/aromatic N) is 3. The van der Waals surface area contributed by atoms with Crippen LogP contribution in [0.1, 0.15) is 56.7 Å². The van der Waals surface area contributed by atoms with Gasteiger partial charge in [0.25, 0.3) is 0 Å². The van der Waals surface area contributed by atoms with Crippen LogP contribution >= 0.6 is 0 Å². The third-order valence-corrected chi connectivity index (χ3v) is 6.92. The number of amides is 1. The average Bonchev–Trinajstić information content (AvgIpc) is 3.38. The molecular formula is C28H32FN3O2. The molecule has 0 N–H and O–H groups in total. The summed E-state index contributed by atoms with van der Waals surface area (Å²) < 4.78 is 21.8. The highest BCUT2D eigenvalue weighted by Gasteiger charge is 2.33. The Morgan fingerprint density at radius 2 is 1.76 bits per heavy atom. The van der Waals surface area contributed by atoms with E-state index in [1.165, 1.54) is 25.0 Å². The Labute approximate surface area is 200 Å². The maximum Gasteiger partial charge on any atom is 0.227 e. The molecule has 2 aliphatic carbocycles. The van der Waals surface area contributed by atoms with E-state index in [0.717, 1.165) is 49.2 Å². The lowest BCUT2D eigenvalue weighted by molar-refractivity contribution is -0.136. The first-order valence-corrected chi connectivity index (χ1v) is 12.5. The first kappa shape index (κ1) is 22.6. The lowest BCUT2D eigenvalue weighted by Gasteiger charge is -2.26. The highest BCUT2D eigenvalue weighted by atomic mass is 19.1. The SMILES string of the molecule is CCc1nn(-c2ccc(F)cc2)c(Oc2ccccc2)c1CN(CC1CC1)C(=O)C1CCCC1. The quantitative estimate of drug-likeness (QED) is 0.376. The zero-order chi connectivity index (χ0) is 23.5. The van der Waals surface area contributed by atoms with Gasteiger partial charge in [0, 0.05) is 12.5 Å². The Balaban J connectivity index is 1.54. The predicted molar refractivity (Wildman–Crippen MR) is 130 cm³/mol. The predicted octanol–water partition coefficient (Wildman–Crippen LogP) is 6.29. The van der Waals surface area contributed by atoms with Gasteiger partial charge in [-0.15, -0.1) is 0 Å². The molecule has 34 heavy (non-hydrogen) atoms. The summed E-state index contributed by atoms with van der Waals surface area (Å²) in [5, 5.41) is 4.86.